The maximum Gasteiger partial charge on any atom is 0.481 e. The standard InChI is InChI=1S/C49H79N3O16P2/c1-4-6-7-8-20-25-30-40(53)31-26-21-16-11-9-10-12-17-22-27-32-44(54)63-36-41(66-45(55)33-28-23-18-14-13-15-19-24-29-39(3)5-2)37-64-69(59,60)68-70(61,62)65-38-42-46(56)47(57)48(67-42)52-35-34-43(50)51-49(52)58/h6-7,9-10,16-17,20-22,25-26,31,34-35,39-42,46-48,53,56-57H,4-5,8,11-15,18-19,23-24,27-30,32-33,36-38H2,1-3H3,(H,59,60)(H,61,62)(H2,50,51,58)/b7-6-,10-9-,21-16-,22-17-,25-20-,31-26+/t39?,40?,41-,42-,46-,47-,48-/m1/s1. The van der Waals surface area contributed by atoms with Crippen molar-refractivity contribution >= 4 is 33.4 Å². The zero-order valence-corrected chi connectivity index (χ0v) is 42.9. The minimum Gasteiger partial charge on any atom is -0.462 e. The van der Waals surface area contributed by atoms with E-state index >= 15 is 0 Å². The number of carbonyl (C=O) groups is 2. The molecule has 1 saturated heterocycles. The van der Waals surface area contributed by atoms with E-state index in [0.29, 0.717) is 32.1 Å². The summed E-state index contributed by atoms with van der Waals surface area (Å²) in [6, 6.07) is 1.24. The number of anilines is 1. The molecule has 1 aromatic heterocycles. The Kier molecular flexibility index (Phi) is 32.1. The van der Waals surface area contributed by atoms with Crippen molar-refractivity contribution in [2.75, 3.05) is 25.6 Å². The summed E-state index contributed by atoms with van der Waals surface area (Å²) in [5.41, 5.74) is 4.57. The molecule has 19 nitrogen and oxygen atoms in total. The zero-order chi connectivity index (χ0) is 51.6. The summed E-state index contributed by atoms with van der Waals surface area (Å²) >= 11 is 0. The van der Waals surface area contributed by atoms with Gasteiger partial charge in [-0.15, -0.1) is 0 Å². The molecule has 9 atom stereocenters. The Morgan fingerprint density at radius 3 is 2.13 bits per heavy atom. The molecule has 70 heavy (non-hydrogen) atoms. The number of aliphatic hydroxyl groups excluding tert-OH is 3. The van der Waals surface area contributed by atoms with Crippen LogP contribution in [0.2, 0.25) is 0 Å². The van der Waals surface area contributed by atoms with Crippen molar-refractivity contribution in [2.45, 2.75) is 173 Å². The van der Waals surface area contributed by atoms with Crippen molar-refractivity contribution in [1.82, 2.24) is 9.55 Å². The first-order chi connectivity index (χ1) is 33.5. The number of hydrogen-bond acceptors (Lipinski definition) is 16. The van der Waals surface area contributed by atoms with Crippen LogP contribution in [0.15, 0.2) is 90.0 Å². The molecule has 2 heterocycles. The molecule has 4 unspecified atom stereocenters. The molecule has 0 aromatic carbocycles. The van der Waals surface area contributed by atoms with Gasteiger partial charge in [0.2, 0.25) is 0 Å². The zero-order valence-electron chi connectivity index (χ0n) is 41.1. The smallest absolute Gasteiger partial charge is 0.462 e. The topological polar surface area (TPSA) is 286 Å². The highest BCUT2D eigenvalue weighted by Crippen LogP contribution is 2.60. The third-order valence-electron chi connectivity index (χ3n) is 10.9. The molecule has 0 radical (unpaired) electrons. The average molecular weight is 1030 g/mol. The molecule has 0 bridgehead atoms. The lowest BCUT2D eigenvalue weighted by Gasteiger charge is -2.21. The number of phosphoric ester groups is 2. The highest BCUT2D eigenvalue weighted by Gasteiger charge is 2.46. The predicted molar refractivity (Wildman–Crippen MR) is 267 cm³/mol. The Balaban J connectivity index is 1.85. The first kappa shape index (κ1) is 62.3. The molecule has 0 saturated carbocycles. The predicted octanol–water partition coefficient (Wildman–Crippen LogP) is 8.55. The Hall–Kier alpha value is -3.84. The van der Waals surface area contributed by atoms with Crippen LogP contribution in [0.3, 0.4) is 0 Å². The van der Waals surface area contributed by atoms with E-state index in [4.69, 9.17) is 29.0 Å². The van der Waals surface area contributed by atoms with Gasteiger partial charge in [-0.25, -0.2) is 13.9 Å². The van der Waals surface area contributed by atoms with Crippen LogP contribution >= 0.6 is 15.6 Å². The fraction of sp³-hybridized carbons (Fsp3) is 0.633. The van der Waals surface area contributed by atoms with E-state index in [1.54, 1.807) is 6.08 Å². The molecule has 0 aliphatic carbocycles. The molecule has 2 rings (SSSR count). The molecule has 396 valence electrons. The number of nitrogen functional groups attached to an aromatic ring is 1. The summed E-state index contributed by atoms with van der Waals surface area (Å²) in [5.74, 6) is -0.688. The monoisotopic (exact) mass is 1030 g/mol. The van der Waals surface area contributed by atoms with Crippen LogP contribution in [-0.4, -0.2) is 96.9 Å². The molecule has 1 aromatic rings. The molecule has 0 spiro atoms. The third kappa shape index (κ3) is 28.9. The third-order valence-corrected chi connectivity index (χ3v) is 13.5. The van der Waals surface area contributed by atoms with Gasteiger partial charge in [-0.1, -0.05) is 151 Å². The van der Waals surface area contributed by atoms with Crippen molar-refractivity contribution in [3.8, 4) is 0 Å². The maximum absolute atomic E-state index is 12.8. The van der Waals surface area contributed by atoms with Crippen LogP contribution in [0.1, 0.15) is 143 Å². The number of allylic oxidation sites excluding steroid dienone is 10. The Morgan fingerprint density at radius 1 is 0.814 bits per heavy atom. The van der Waals surface area contributed by atoms with Gasteiger partial charge in [-0.05, 0) is 56.9 Å². The second kappa shape index (κ2) is 36.1. The van der Waals surface area contributed by atoms with Crippen molar-refractivity contribution in [3.63, 3.8) is 0 Å². The van der Waals surface area contributed by atoms with Crippen LogP contribution < -0.4 is 11.4 Å². The normalized spacial score (nSPS) is 20.8. The lowest BCUT2D eigenvalue weighted by Crippen LogP contribution is -2.36. The Bertz CT molecular complexity index is 1990. The van der Waals surface area contributed by atoms with E-state index in [1.165, 1.54) is 38.2 Å². The molecule has 1 aliphatic heterocycles. The number of rotatable bonds is 38. The highest BCUT2D eigenvalue weighted by molar-refractivity contribution is 7.61. The molecular weight excluding hydrogens is 948 g/mol. The van der Waals surface area contributed by atoms with E-state index in [1.807, 2.05) is 54.7 Å². The molecule has 21 heteroatoms. The van der Waals surface area contributed by atoms with Gasteiger partial charge < -0.3 is 45.1 Å². The van der Waals surface area contributed by atoms with Crippen molar-refractivity contribution in [3.05, 3.63) is 95.7 Å². The number of nitrogens with zero attached hydrogens (tertiary/aromatic N) is 2. The summed E-state index contributed by atoms with van der Waals surface area (Å²) in [7, 11) is -10.9. The van der Waals surface area contributed by atoms with Gasteiger partial charge in [0.15, 0.2) is 12.3 Å². The lowest BCUT2D eigenvalue weighted by atomic mass is 9.99. The number of nitrogens with two attached hydrogens (primary N) is 1. The highest BCUT2D eigenvalue weighted by atomic mass is 31.3. The number of aromatic nitrogens is 2. The number of phosphoric acid groups is 2. The number of hydrogen-bond donors (Lipinski definition) is 6. The van der Waals surface area contributed by atoms with Gasteiger partial charge in [0.25, 0.3) is 0 Å². The van der Waals surface area contributed by atoms with Gasteiger partial charge in [0.05, 0.1) is 19.3 Å². The van der Waals surface area contributed by atoms with Crippen molar-refractivity contribution in [2.24, 2.45) is 5.92 Å². The van der Waals surface area contributed by atoms with E-state index in [-0.39, 0.29) is 18.7 Å². The minimum absolute atomic E-state index is 0.0208. The van der Waals surface area contributed by atoms with E-state index < -0.39 is 89.8 Å². The molecular formula is C49H79N3O16P2. The summed E-state index contributed by atoms with van der Waals surface area (Å²) in [4.78, 5) is 61.8. The minimum atomic E-state index is -5.45. The van der Waals surface area contributed by atoms with Crippen LogP contribution in [0.5, 0.6) is 0 Å². The number of carbonyl (C=O) groups excluding carboxylic acids is 2. The fourth-order valence-corrected chi connectivity index (χ4v) is 8.86. The largest absolute Gasteiger partial charge is 0.481 e. The van der Waals surface area contributed by atoms with Crippen molar-refractivity contribution < 1.29 is 71.4 Å². The van der Waals surface area contributed by atoms with Crippen LogP contribution in [0.4, 0.5) is 5.82 Å². The molecule has 0 amide bonds. The van der Waals surface area contributed by atoms with E-state index in [2.05, 4.69) is 42.2 Å². The second-order valence-electron chi connectivity index (χ2n) is 17.0. The number of esters is 2. The molecule has 7 N–H and O–H groups in total. The first-order valence-corrected chi connectivity index (χ1v) is 27.4. The summed E-state index contributed by atoms with van der Waals surface area (Å²) < 4.78 is 56.6. The summed E-state index contributed by atoms with van der Waals surface area (Å²) in [6.07, 6.45) is 30.5. The van der Waals surface area contributed by atoms with Gasteiger partial charge in [0.1, 0.15) is 30.7 Å². The van der Waals surface area contributed by atoms with Gasteiger partial charge >= 0.3 is 33.3 Å². The van der Waals surface area contributed by atoms with Crippen LogP contribution in [0.25, 0.3) is 0 Å². The van der Waals surface area contributed by atoms with Crippen LogP contribution in [-0.2, 0) is 46.3 Å². The molecule has 1 fully saturated rings. The van der Waals surface area contributed by atoms with Gasteiger partial charge in [-0.2, -0.15) is 9.29 Å². The maximum atomic E-state index is 12.8. The average Bonchev–Trinajstić information content (AvgIpc) is 3.59. The fourth-order valence-electron chi connectivity index (χ4n) is 6.75. The Labute approximate surface area is 413 Å². The van der Waals surface area contributed by atoms with Crippen LogP contribution in [0, 0.1) is 5.92 Å². The summed E-state index contributed by atoms with van der Waals surface area (Å²) in [5, 5.41) is 30.9. The lowest BCUT2D eigenvalue weighted by molar-refractivity contribution is -0.161. The summed E-state index contributed by atoms with van der Waals surface area (Å²) in [6.45, 7) is 4.15. The SMILES string of the molecule is CC/C=C\C/C=C\CC(O)/C=C/C=C\C/C=C\C/C=C\CCC(=O)OC[C@H](COP(=O)(O)OP(=O)(O)OC[C@H]1O[C@@H](n2ccc(N)nc2=O)[C@H](O)[C@@H]1O)OC(=O)CCCCCCCCCCC(C)CC. The quantitative estimate of drug-likeness (QED) is 0.0119. The number of unbranched alkanes of at least 4 members (excludes halogenated alkanes) is 7. The number of ether oxygens (including phenoxy) is 3. The second-order valence-corrected chi connectivity index (χ2v) is 20.1. The van der Waals surface area contributed by atoms with Gasteiger partial charge in [0, 0.05) is 19.0 Å². The Morgan fingerprint density at radius 2 is 1.44 bits per heavy atom. The molecule has 1 aliphatic rings. The number of aliphatic hydroxyl groups is 3. The van der Waals surface area contributed by atoms with E-state index in [9.17, 15) is 48.6 Å². The van der Waals surface area contributed by atoms with Crippen molar-refractivity contribution in [1.29, 1.82) is 0 Å². The van der Waals surface area contributed by atoms with Gasteiger partial charge in [-0.3, -0.25) is 23.2 Å². The van der Waals surface area contributed by atoms with E-state index in [0.717, 1.165) is 55.2 Å². The first-order valence-electron chi connectivity index (χ1n) is 24.5.